The largest absolute Gasteiger partial charge is 0.253 e. The van der Waals surface area contributed by atoms with Crippen LogP contribution in [0.2, 0.25) is 0 Å². The Bertz CT molecular complexity index is 391. The van der Waals surface area contributed by atoms with E-state index in [0.29, 0.717) is 0 Å². The Morgan fingerprint density at radius 3 is 2.87 bits per heavy atom. The molecule has 1 rings (SSSR count). The van der Waals surface area contributed by atoms with Gasteiger partial charge in [-0.15, -0.1) is 6.58 Å². The molecule has 1 aromatic rings. The van der Waals surface area contributed by atoms with Gasteiger partial charge < -0.3 is 0 Å². The SMILES string of the molecule is C=CC/C=C\C(C)=Nc1ccccc1Br. The summed E-state index contributed by atoms with van der Waals surface area (Å²) < 4.78 is 1.02. The minimum absolute atomic E-state index is 0.878. The molecule has 0 fully saturated rings. The molecule has 0 radical (unpaired) electrons. The number of allylic oxidation sites excluding steroid dienone is 3. The molecule has 0 aliphatic rings. The van der Waals surface area contributed by atoms with E-state index in [2.05, 4.69) is 27.5 Å². The minimum atomic E-state index is 0.878. The predicted molar refractivity (Wildman–Crippen MR) is 70.9 cm³/mol. The molecule has 0 saturated carbocycles. The summed E-state index contributed by atoms with van der Waals surface area (Å²) in [7, 11) is 0. The Morgan fingerprint density at radius 1 is 1.47 bits per heavy atom. The summed E-state index contributed by atoms with van der Waals surface area (Å²) in [6.07, 6.45) is 6.79. The molecule has 1 aromatic carbocycles. The second kappa shape index (κ2) is 6.36. The van der Waals surface area contributed by atoms with E-state index in [0.717, 1.165) is 22.3 Å². The molecule has 1 nitrogen and oxygen atoms in total. The van der Waals surface area contributed by atoms with Crippen LogP contribution in [0.5, 0.6) is 0 Å². The fourth-order valence-electron chi connectivity index (χ4n) is 1.10. The summed E-state index contributed by atoms with van der Waals surface area (Å²) in [5.74, 6) is 0. The molecule has 0 aliphatic carbocycles. The van der Waals surface area contributed by atoms with Gasteiger partial charge in [0, 0.05) is 10.2 Å². The van der Waals surface area contributed by atoms with Gasteiger partial charge in [-0.1, -0.05) is 24.3 Å². The lowest BCUT2D eigenvalue weighted by Gasteiger charge is -1.98. The number of hydrogen-bond donors (Lipinski definition) is 0. The second-order valence-corrected chi connectivity index (χ2v) is 3.99. The van der Waals surface area contributed by atoms with Gasteiger partial charge in [0.2, 0.25) is 0 Å². The first kappa shape index (κ1) is 11.9. The Kier molecular flexibility index (Phi) is 5.05. The van der Waals surface area contributed by atoms with Gasteiger partial charge in [-0.25, -0.2) is 0 Å². The van der Waals surface area contributed by atoms with E-state index >= 15 is 0 Å². The molecular weight excluding hydrogens is 250 g/mol. The fourth-order valence-corrected chi connectivity index (χ4v) is 1.48. The van der Waals surface area contributed by atoms with Crippen LogP contribution in [-0.4, -0.2) is 5.71 Å². The molecule has 0 aromatic heterocycles. The zero-order chi connectivity index (χ0) is 11.1. The lowest BCUT2D eigenvalue weighted by molar-refractivity contribution is 1.40. The van der Waals surface area contributed by atoms with Crippen molar-refractivity contribution in [2.45, 2.75) is 13.3 Å². The Morgan fingerprint density at radius 2 is 2.20 bits per heavy atom. The van der Waals surface area contributed by atoms with Crippen LogP contribution in [0, 0.1) is 0 Å². The molecule has 15 heavy (non-hydrogen) atoms. The van der Waals surface area contributed by atoms with E-state index < -0.39 is 0 Å². The molecule has 0 bridgehead atoms. The molecule has 0 unspecified atom stereocenters. The first-order chi connectivity index (χ1) is 7.24. The highest BCUT2D eigenvalue weighted by Gasteiger charge is 1.94. The summed E-state index contributed by atoms with van der Waals surface area (Å²) in [5, 5.41) is 0. The van der Waals surface area contributed by atoms with Crippen LogP contribution in [0.4, 0.5) is 5.69 Å². The molecule has 0 amide bonds. The van der Waals surface area contributed by atoms with Crippen molar-refractivity contribution in [1.82, 2.24) is 0 Å². The van der Waals surface area contributed by atoms with Crippen molar-refractivity contribution in [3.05, 3.63) is 53.5 Å². The monoisotopic (exact) mass is 263 g/mol. The van der Waals surface area contributed by atoms with Crippen LogP contribution in [-0.2, 0) is 0 Å². The van der Waals surface area contributed by atoms with Crippen LogP contribution in [0.15, 0.2) is 58.5 Å². The number of nitrogens with zero attached hydrogens (tertiary/aromatic N) is 1. The van der Waals surface area contributed by atoms with Crippen LogP contribution >= 0.6 is 15.9 Å². The lowest BCUT2D eigenvalue weighted by Crippen LogP contribution is -1.83. The van der Waals surface area contributed by atoms with Gasteiger partial charge in [0.05, 0.1) is 5.69 Å². The Hall–Kier alpha value is -1.15. The molecule has 78 valence electrons. The maximum atomic E-state index is 4.48. The Labute approximate surface area is 99.4 Å². The van der Waals surface area contributed by atoms with Crippen LogP contribution in [0.1, 0.15) is 13.3 Å². The number of rotatable bonds is 4. The highest BCUT2D eigenvalue weighted by Crippen LogP contribution is 2.24. The van der Waals surface area contributed by atoms with Gasteiger partial charge in [0.15, 0.2) is 0 Å². The summed E-state index contributed by atoms with van der Waals surface area (Å²) in [4.78, 5) is 4.48. The molecule has 0 N–H and O–H groups in total. The average Bonchev–Trinajstić information content (AvgIpc) is 2.22. The van der Waals surface area contributed by atoms with Crippen molar-refractivity contribution in [3.8, 4) is 0 Å². The van der Waals surface area contributed by atoms with Crippen LogP contribution in [0.25, 0.3) is 0 Å². The summed E-state index contributed by atoms with van der Waals surface area (Å²) in [6, 6.07) is 7.92. The molecule has 0 saturated heterocycles. The van der Waals surface area contributed by atoms with Gasteiger partial charge >= 0.3 is 0 Å². The van der Waals surface area contributed by atoms with Crippen molar-refractivity contribution in [2.75, 3.05) is 0 Å². The maximum Gasteiger partial charge on any atom is 0.0774 e. The van der Waals surface area contributed by atoms with Crippen molar-refractivity contribution in [1.29, 1.82) is 0 Å². The minimum Gasteiger partial charge on any atom is -0.253 e. The molecule has 2 heteroatoms. The summed E-state index contributed by atoms with van der Waals surface area (Å²) >= 11 is 3.46. The first-order valence-corrected chi connectivity index (χ1v) is 5.60. The van der Waals surface area contributed by atoms with Gasteiger partial charge in [0.1, 0.15) is 0 Å². The maximum absolute atomic E-state index is 4.48. The van der Waals surface area contributed by atoms with Crippen molar-refractivity contribution in [3.63, 3.8) is 0 Å². The topological polar surface area (TPSA) is 12.4 Å². The third-order valence-electron chi connectivity index (χ3n) is 1.81. The van der Waals surface area contributed by atoms with E-state index in [9.17, 15) is 0 Å². The molecule has 0 heterocycles. The summed E-state index contributed by atoms with van der Waals surface area (Å²) in [5.41, 5.74) is 1.95. The third-order valence-corrected chi connectivity index (χ3v) is 2.48. The highest BCUT2D eigenvalue weighted by atomic mass is 79.9. The van der Waals surface area contributed by atoms with E-state index in [1.807, 2.05) is 49.4 Å². The van der Waals surface area contributed by atoms with E-state index in [4.69, 9.17) is 0 Å². The number of aliphatic imine (C=N–C) groups is 1. The zero-order valence-electron chi connectivity index (χ0n) is 8.78. The fraction of sp³-hybridized carbons (Fsp3) is 0.154. The van der Waals surface area contributed by atoms with E-state index in [-0.39, 0.29) is 0 Å². The molecular formula is C13H14BrN. The molecule has 0 spiro atoms. The van der Waals surface area contributed by atoms with E-state index in [1.54, 1.807) is 0 Å². The quantitative estimate of drug-likeness (QED) is 0.553. The third kappa shape index (κ3) is 4.26. The number of halogens is 1. The average molecular weight is 264 g/mol. The van der Waals surface area contributed by atoms with Crippen LogP contribution in [0.3, 0.4) is 0 Å². The number of benzene rings is 1. The van der Waals surface area contributed by atoms with Gasteiger partial charge in [-0.3, -0.25) is 4.99 Å². The smallest absolute Gasteiger partial charge is 0.0774 e. The molecule has 0 atom stereocenters. The van der Waals surface area contributed by atoms with E-state index in [1.165, 1.54) is 0 Å². The zero-order valence-corrected chi connectivity index (χ0v) is 10.4. The first-order valence-electron chi connectivity index (χ1n) is 4.81. The number of para-hydroxylation sites is 1. The van der Waals surface area contributed by atoms with Crippen molar-refractivity contribution >= 4 is 27.3 Å². The van der Waals surface area contributed by atoms with Gasteiger partial charge in [0.25, 0.3) is 0 Å². The van der Waals surface area contributed by atoms with Gasteiger partial charge in [-0.05, 0) is 47.5 Å². The summed E-state index contributed by atoms with van der Waals surface area (Å²) in [6.45, 7) is 5.64. The second-order valence-electron chi connectivity index (χ2n) is 3.13. The van der Waals surface area contributed by atoms with Crippen molar-refractivity contribution in [2.24, 2.45) is 4.99 Å². The molecule has 0 aliphatic heterocycles. The Balaban J connectivity index is 2.78. The van der Waals surface area contributed by atoms with Crippen molar-refractivity contribution < 1.29 is 0 Å². The number of hydrogen-bond acceptors (Lipinski definition) is 1. The highest BCUT2D eigenvalue weighted by molar-refractivity contribution is 9.10. The predicted octanol–water partition coefficient (Wildman–Crippen LogP) is 4.67. The van der Waals surface area contributed by atoms with Gasteiger partial charge in [-0.2, -0.15) is 0 Å². The lowest BCUT2D eigenvalue weighted by atomic mass is 10.3. The standard InChI is InChI=1S/C13H14BrN/c1-3-4-5-8-11(2)15-13-10-7-6-9-12(13)14/h3,5-10H,1,4H2,2H3/b8-5-,15-11?. The van der Waals surface area contributed by atoms with Crippen LogP contribution < -0.4 is 0 Å². The normalized spacial score (nSPS) is 12.0.